The molecule has 4 nitrogen and oxygen atoms in total. The fourth-order valence-corrected chi connectivity index (χ4v) is 2.56. The lowest BCUT2D eigenvalue weighted by Gasteiger charge is -2.25. The summed E-state index contributed by atoms with van der Waals surface area (Å²) in [4.78, 5) is 14.0. The van der Waals surface area contributed by atoms with Crippen LogP contribution in [0.2, 0.25) is 0 Å². The standard InChI is InChI=1S/C20H21F3N2O2/c1-25(2)17(15-7-5-8-16(21)12-15)13-24-19(26)11-10-14-6-3-4-9-18(14)27-20(22)23/h3-12,17,20H,13H2,1-2H3,(H,24,26)/b11-10+. The van der Waals surface area contributed by atoms with Crippen molar-refractivity contribution in [2.75, 3.05) is 20.6 Å². The van der Waals surface area contributed by atoms with Gasteiger partial charge in [0, 0.05) is 18.2 Å². The summed E-state index contributed by atoms with van der Waals surface area (Å²) in [7, 11) is 3.66. The second-order valence-corrected chi connectivity index (χ2v) is 6.03. The zero-order chi connectivity index (χ0) is 19.8. The molecular weight excluding hydrogens is 357 g/mol. The van der Waals surface area contributed by atoms with Gasteiger partial charge in [0.2, 0.25) is 5.91 Å². The van der Waals surface area contributed by atoms with E-state index in [4.69, 9.17) is 0 Å². The molecule has 0 bridgehead atoms. The number of hydrogen-bond acceptors (Lipinski definition) is 3. The molecule has 2 rings (SSSR count). The molecule has 1 amide bonds. The van der Waals surface area contributed by atoms with Gasteiger partial charge in [-0.3, -0.25) is 4.79 Å². The highest BCUT2D eigenvalue weighted by atomic mass is 19.3. The van der Waals surface area contributed by atoms with E-state index < -0.39 is 12.5 Å². The largest absolute Gasteiger partial charge is 0.434 e. The van der Waals surface area contributed by atoms with Gasteiger partial charge in [-0.25, -0.2) is 4.39 Å². The van der Waals surface area contributed by atoms with Crippen LogP contribution in [0.1, 0.15) is 17.2 Å². The smallest absolute Gasteiger partial charge is 0.387 e. The van der Waals surface area contributed by atoms with E-state index >= 15 is 0 Å². The number of benzene rings is 2. The van der Waals surface area contributed by atoms with E-state index in [-0.39, 0.29) is 24.2 Å². The summed E-state index contributed by atoms with van der Waals surface area (Å²) in [5, 5.41) is 2.73. The molecule has 0 spiro atoms. The van der Waals surface area contributed by atoms with Crippen LogP contribution in [0, 0.1) is 5.82 Å². The highest BCUT2D eigenvalue weighted by Gasteiger charge is 2.15. The molecule has 2 aromatic rings. The Hall–Kier alpha value is -2.80. The summed E-state index contributed by atoms with van der Waals surface area (Å²) in [6.07, 6.45) is 2.64. The van der Waals surface area contributed by atoms with Gasteiger partial charge in [0.25, 0.3) is 0 Å². The van der Waals surface area contributed by atoms with Crippen LogP contribution in [0.5, 0.6) is 5.75 Å². The van der Waals surface area contributed by atoms with Crippen molar-refractivity contribution in [2.45, 2.75) is 12.7 Å². The molecule has 2 aromatic carbocycles. The normalized spacial score (nSPS) is 12.6. The summed E-state index contributed by atoms with van der Waals surface area (Å²) < 4.78 is 42.7. The van der Waals surface area contributed by atoms with Crippen molar-refractivity contribution < 1.29 is 22.7 Å². The Morgan fingerprint density at radius 3 is 2.59 bits per heavy atom. The van der Waals surface area contributed by atoms with Crippen LogP contribution in [0.15, 0.2) is 54.6 Å². The second-order valence-electron chi connectivity index (χ2n) is 6.03. The third-order valence-electron chi connectivity index (χ3n) is 3.88. The molecule has 0 aliphatic carbocycles. The first kappa shape index (κ1) is 20.5. The van der Waals surface area contributed by atoms with Crippen molar-refractivity contribution in [2.24, 2.45) is 0 Å². The Balaban J connectivity index is 2.01. The summed E-state index contributed by atoms with van der Waals surface area (Å²) in [6.45, 7) is -2.69. The Morgan fingerprint density at radius 1 is 1.19 bits per heavy atom. The minimum atomic E-state index is -2.94. The quantitative estimate of drug-likeness (QED) is 0.710. The van der Waals surface area contributed by atoms with E-state index in [0.717, 1.165) is 5.56 Å². The number of alkyl halides is 2. The van der Waals surface area contributed by atoms with E-state index in [0.29, 0.717) is 5.56 Å². The first-order chi connectivity index (χ1) is 12.9. The molecule has 0 saturated heterocycles. The van der Waals surface area contributed by atoms with Crippen molar-refractivity contribution in [1.82, 2.24) is 10.2 Å². The van der Waals surface area contributed by atoms with Gasteiger partial charge in [-0.2, -0.15) is 8.78 Å². The molecule has 1 atom stereocenters. The molecule has 144 valence electrons. The Bertz CT molecular complexity index is 794. The molecule has 0 radical (unpaired) electrons. The van der Waals surface area contributed by atoms with Crippen LogP contribution in [0.4, 0.5) is 13.2 Å². The summed E-state index contributed by atoms with van der Waals surface area (Å²) in [5.74, 6) is -0.756. The van der Waals surface area contributed by atoms with Crippen molar-refractivity contribution >= 4 is 12.0 Å². The maximum absolute atomic E-state index is 13.4. The molecule has 0 heterocycles. The average Bonchev–Trinajstić information content (AvgIpc) is 2.60. The number of nitrogens with zero attached hydrogens (tertiary/aromatic N) is 1. The second kappa shape index (κ2) is 9.78. The number of rotatable bonds is 8. The third kappa shape index (κ3) is 6.45. The van der Waals surface area contributed by atoms with Gasteiger partial charge in [0.05, 0.1) is 6.04 Å². The van der Waals surface area contributed by atoms with Gasteiger partial charge in [-0.05, 0) is 43.9 Å². The van der Waals surface area contributed by atoms with Crippen molar-refractivity contribution in [3.63, 3.8) is 0 Å². The number of nitrogens with one attached hydrogen (secondary N) is 1. The molecule has 0 saturated carbocycles. The Labute approximate surface area is 156 Å². The van der Waals surface area contributed by atoms with Crippen LogP contribution in [0.25, 0.3) is 6.08 Å². The fourth-order valence-electron chi connectivity index (χ4n) is 2.56. The van der Waals surface area contributed by atoms with Crippen LogP contribution in [0.3, 0.4) is 0 Å². The van der Waals surface area contributed by atoms with E-state index in [1.807, 2.05) is 19.0 Å². The van der Waals surface area contributed by atoms with Crippen LogP contribution < -0.4 is 10.1 Å². The van der Waals surface area contributed by atoms with Gasteiger partial charge >= 0.3 is 6.61 Å². The molecule has 0 fully saturated rings. The van der Waals surface area contributed by atoms with E-state index in [1.165, 1.54) is 30.4 Å². The lowest BCUT2D eigenvalue weighted by Crippen LogP contribution is -2.33. The molecular formula is C20H21F3N2O2. The SMILES string of the molecule is CN(C)C(CNC(=O)/C=C/c1ccccc1OC(F)F)c1cccc(F)c1. The van der Waals surface area contributed by atoms with Gasteiger partial charge in [0.1, 0.15) is 11.6 Å². The zero-order valence-corrected chi connectivity index (χ0v) is 15.0. The zero-order valence-electron chi connectivity index (χ0n) is 15.0. The number of halogens is 3. The van der Waals surface area contributed by atoms with Crippen molar-refractivity contribution in [3.05, 3.63) is 71.6 Å². The number of para-hydroxylation sites is 1. The lowest BCUT2D eigenvalue weighted by atomic mass is 10.1. The maximum Gasteiger partial charge on any atom is 0.387 e. The first-order valence-electron chi connectivity index (χ1n) is 8.28. The minimum absolute atomic E-state index is 0.0116. The van der Waals surface area contributed by atoms with Crippen LogP contribution in [-0.4, -0.2) is 38.1 Å². The predicted octanol–water partition coefficient (Wildman–Crippen LogP) is 3.86. The van der Waals surface area contributed by atoms with Crippen molar-refractivity contribution in [3.8, 4) is 5.75 Å². The van der Waals surface area contributed by atoms with Crippen LogP contribution >= 0.6 is 0 Å². The maximum atomic E-state index is 13.4. The summed E-state index contributed by atoms with van der Waals surface area (Å²) in [6, 6.07) is 12.1. The van der Waals surface area contributed by atoms with E-state index in [2.05, 4.69) is 10.1 Å². The molecule has 7 heteroatoms. The minimum Gasteiger partial charge on any atom is -0.434 e. The highest BCUT2D eigenvalue weighted by molar-refractivity contribution is 5.92. The molecule has 1 unspecified atom stereocenters. The third-order valence-corrected chi connectivity index (χ3v) is 3.88. The Morgan fingerprint density at radius 2 is 1.93 bits per heavy atom. The molecule has 0 aromatic heterocycles. The van der Waals surface area contributed by atoms with E-state index in [1.54, 1.807) is 30.3 Å². The Kier molecular flexibility index (Phi) is 7.43. The number of carbonyl (C=O) groups excluding carboxylic acids is 1. The van der Waals surface area contributed by atoms with E-state index in [9.17, 15) is 18.0 Å². The van der Waals surface area contributed by atoms with Gasteiger partial charge in [-0.15, -0.1) is 0 Å². The monoisotopic (exact) mass is 378 g/mol. The molecule has 1 N–H and O–H groups in total. The number of likely N-dealkylation sites (N-methyl/N-ethyl adjacent to an activating group) is 1. The van der Waals surface area contributed by atoms with Gasteiger partial charge in [0.15, 0.2) is 0 Å². The van der Waals surface area contributed by atoms with Crippen LogP contribution in [-0.2, 0) is 4.79 Å². The number of carbonyl (C=O) groups is 1. The lowest BCUT2D eigenvalue weighted by molar-refractivity contribution is -0.116. The summed E-state index contributed by atoms with van der Waals surface area (Å²) >= 11 is 0. The number of hydrogen-bond donors (Lipinski definition) is 1. The molecule has 0 aliphatic rings. The highest BCUT2D eigenvalue weighted by Crippen LogP contribution is 2.21. The number of amides is 1. The van der Waals surface area contributed by atoms with Crippen molar-refractivity contribution in [1.29, 1.82) is 0 Å². The molecule has 27 heavy (non-hydrogen) atoms. The number of ether oxygens (including phenoxy) is 1. The first-order valence-corrected chi connectivity index (χ1v) is 8.28. The molecule has 0 aliphatic heterocycles. The predicted molar refractivity (Wildman–Crippen MR) is 97.9 cm³/mol. The summed E-state index contributed by atoms with van der Waals surface area (Å²) in [5.41, 5.74) is 1.10. The van der Waals surface area contributed by atoms with Gasteiger partial charge < -0.3 is 15.0 Å². The fraction of sp³-hybridized carbons (Fsp3) is 0.250. The van der Waals surface area contributed by atoms with Gasteiger partial charge in [-0.1, -0.05) is 30.3 Å². The topological polar surface area (TPSA) is 41.6 Å². The average molecular weight is 378 g/mol.